The summed E-state index contributed by atoms with van der Waals surface area (Å²) >= 11 is 1.62. The van der Waals surface area contributed by atoms with Gasteiger partial charge in [-0.1, -0.05) is 12.8 Å². The number of rotatable bonds is 2. The molecule has 2 aromatic heterocycles. The van der Waals surface area contributed by atoms with Crippen molar-refractivity contribution in [3.8, 4) is 23.5 Å². The third kappa shape index (κ3) is 2.78. The van der Waals surface area contributed by atoms with Crippen LogP contribution < -0.4 is 0 Å². The normalized spacial score (nSPS) is 21.3. The van der Waals surface area contributed by atoms with Gasteiger partial charge in [0.2, 0.25) is 5.91 Å². The molecule has 5 heteroatoms. The highest BCUT2D eigenvalue weighted by molar-refractivity contribution is 7.10. The van der Waals surface area contributed by atoms with Gasteiger partial charge in [-0.25, -0.2) is 0 Å². The van der Waals surface area contributed by atoms with E-state index in [1.165, 1.54) is 4.90 Å². The van der Waals surface area contributed by atoms with Crippen LogP contribution in [-0.2, 0) is 10.2 Å². The maximum absolute atomic E-state index is 12.1. The van der Waals surface area contributed by atoms with Crippen LogP contribution in [-0.4, -0.2) is 28.7 Å². The number of likely N-dealkylation sites (tertiary alicyclic amines) is 1. The van der Waals surface area contributed by atoms with E-state index in [0.29, 0.717) is 18.7 Å². The van der Waals surface area contributed by atoms with Gasteiger partial charge >= 0.3 is 0 Å². The summed E-state index contributed by atoms with van der Waals surface area (Å²) < 4.78 is 0. The number of piperidine rings is 1. The molecule has 0 radical (unpaired) electrons. The van der Waals surface area contributed by atoms with Gasteiger partial charge < -0.3 is 4.90 Å². The predicted molar refractivity (Wildman–Crippen MR) is 92.6 cm³/mol. The second-order valence-electron chi connectivity index (χ2n) is 6.12. The van der Waals surface area contributed by atoms with Gasteiger partial charge in [0, 0.05) is 53.7 Å². The van der Waals surface area contributed by atoms with E-state index >= 15 is 0 Å². The number of carbonyl (C=O) groups excluding carboxylic acids is 1. The first-order valence-corrected chi connectivity index (χ1v) is 8.16. The Morgan fingerprint density at radius 3 is 2.83 bits per heavy atom. The van der Waals surface area contributed by atoms with Crippen LogP contribution in [0.15, 0.2) is 29.9 Å². The standard InChI is InChI=1S/C18H17N3OS/c1-4-12-5-13(10-20-9-12)14-6-15(23-11-14)18(2)7-16(19)21(3)17(22)8-18/h1,5-6,9-11,19H,7-8H2,2-3H3/t18-/m0/s1. The quantitative estimate of drug-likeness (QED) is 0.862. The summed E-state index contributed by atoms with van der Waals surface area (Å²) in [5, 5.41) is 10.1. The Morgan fingerprint density at radius 2 is 2.13 bits per heavy atom. The summed E-state index contributed by atoms with van der Waals surface area (Å²) in [4.78, 5) is 18.8. The van der Waals surface area contributed by atoms with Crippen molar-refractivity contribution in [3.05, 3.63) is 40.3 Å². The van der Waals surface area contributed by atoms with Crippen molar-refractivity contribution in [2.75, 3.05) is 7.05 Å². The zero-order chi connectivity index (χ0) is 16.6. The smallest absolute Gasteiger partial charge is 0.228 e. The first-order chi connectivity index (χ1) is 10.9. The number of nitrogens with zero attached hydrogens (tertiary/aromatic N) is 2. The van der Waals surface area contributed by atoms with Gasteiger partial charge in [-0.2, -0.15) is 0 Å². The molecule has 0 bridgehead atoms. The Bertz CT molecular complexity index is 813. The lowest BCUT2D eigenvalue weighted by atomic mass is 9.78. The third-order valence-corrected chi connectivity index (χ3v) is 5.55. The molecule has 2 aromatic rings. The fraction of sp³-hybridized carbons (Fsp3) is 0.278. The van der Waals surface area contributed by atoms with E-state index in [9.17, 15) is 4.79 Å². The average Bonchev–Trinajstić information content (AvgIpc) is 3.03. The summed E-state index contributed by atoms with van der Waals surface area (Å²) in [6, 6.07) is 4.02. The zero-order valence-corrected chi connectivity index (χ0v) is 13.9. The number of amides is 1. The molecule has 1 aliphatic heterocycles. The van der Waals surface area contributed by atoms with E-state index in [-0.39, 0.29) is 11.3 Å². The van der Waals surface area contributed by atoms with Gasteiger partial charge in [0.1, 0.15) is 5.84 Å². The minimum atomic E-state index is -0.319. The van der Waals surface area contributed by atoms with Gasteiger partial charge in [0.05, 0.1) is 0 Å². The van der Waals surface area contributed by atoms with Gasteiger partial charge in [-0.15, -0.1) is 17.8 Å². The molecule has 1 aliphatic rings. The summed E-state index contributed by atoms with van der Waals surface area (Å²) in [5.41, 5.74) is 2.45. The largest absolute Gasteiger partial charge is 0.304 e. The summed E-state index contributed by atoms with van der Waals surface area (Å²) in [6.07, 6.45) is 9.87. The summed E-state index contributed by atoms with van der Waals surface area (Å²) in [6.45, 7) is 2.05. The van der Waals surface area contributed by atoms with Crippen molar-refractivity contribution in [1.29, 1.82) is 5.41 Å². The number of aromatic nitrogens is 1. The number of thiophene rings is 1. The Hall–Kier alpha value is -2.45. The van der Waals surface area contributed by atoms with Crippen LogP contribution in [0.5, 0.6) is 0 Å². The maximum Gasteiger partial charge on any atom is 0.228 e. The number of amidine groups is 1. The number of hydrogen-bond donors (Lipinski definition) is 1. The van der Waals surface area contributed by atoms with Crippen LogP contribution in [0.25, 0.3) is 11.1 Å². The van der Waals surface area contributed by atoms with Crippen molar-refractivity contribution >= 4 is 23.1 Å². The minimum Gasteiger partial charge on any atom is -0.304 e. The molecular weight excluding hydrogens is 306 g/mol. The molecule has 3 heterocycles. The van der Waals surface area contributed by atoms with Crippen molar-refractivity contribution in [2.45, 2.75) is 25.2 Å². The van der Waals surface area contributed by atoms with Gasteiger partial charge in [0.25, 0.3) is 0 Å². The van der Waals surface area contributed by atoms with Crippen molar-refractivity contribution < 1.29 is 4.79 Å². The fourth-order valence-corrected chi connectivity index (χ4v) is 3.89. The highest BCUT2D eigenvalue weighted by Gasteiger charge is 2.39. The van der Waals surface area contributed by atoms with Crippen LogP contribution in [0, 0.1) is 17.8 Å². The number of carbonyl (C=O) groups is 1. The Kier molecular flexibility index (Phi) is 3.78. The molecule has 1 amide bonds. The molecule has 23 heavy (non-hydrogen) atoms. The number of pyridine rings is 1. The van der Waals surface area contributed by atoms with Gasteiger partial charge in [-0.3, -0.25) is 15.2 Å². The highest BCUT2D eigenvalue weighted by atomic mass is 32.1. The Morgan fingerprint density at radius 1 is 1.35 bits per heavy atom. The summed E-state index contributed by atoms with van der Waals surface area (Å²) in [7, 11) is 1.67. The fourth-order valence-electron chi connectivity index (χ4n) is 2.81. The van der Waals surface area contributed by atoms with Crippen LogP contribution in [0.1, 0.15) is 30.2 Å². The molecule has 0 aromatic carbocycles. The van der Waals surface area contributed by atoms with Crippen LogP contribution in [0.4, 0.5) is 0 Å². The number of hydrogen-bond acceptors (Lipinski definition) is 4. The zero-order valence-electron chi connectivity index (χ0n) is 13.1. The average molecular weight is 323 g/mol. The molecule has 1 fully saturated rings. The molecule has 1 saturated heterocycles. The summed E-state index contributed by atoms with van der Waals surface area (Å²) in [5.74, 6) is 2.96. The predicted octanol–water partition coefficient (Wildman–Crippen LogP) is 3.28. The lowest BCUT2D eigenvalue weighted by Crippen LogP contribution is -2.46. The topological polar surface area (TPSA) is 57.1 Å². The van der Waals surface area contributed by atoms with E-state index in [0.717, 1.165) is 21.6 Å². The molecule has 3 rings (SSSR count). The van der Waals surface area contributed by atoms with E-state index in [4.69, 9.17) is 11.8 Å². The first-order valence-electron chi connectivity index (χ1n) is 7.28. The molecule has 0 aliphatic carbocycles. The second-order valence-corrected chi connectivity index (χ2v) is 7.03. The monoisotopic (exact) mass is 323 g/mol. The second kappa shape index (κ2) is 5.64. The molecule has 0 saturated carbocycles. The van der Waals surface area contributed by atoms with Gasteiger partial charge in [-0.05, 0) is 23.1 Å². The highest BCUT2D eigenvalue weighted by Crippen LogP contribution is 2.41. The van der Waals surface area contributed by atoms with Crippen molar-refractivity contribution in [1.82, 2.24) is 9.88 Å². The Balaban J connectivity index is 1.94. The van der Waals surface area contributed by atoms with Crippen molar-refractivity contribution in [2.24, 2.45) is 0 Å². The van der Waals surface area contributed by atoms with E-state index in [1.807, 2.05) is 6.07 Å². The molecule has 1 atom stereocenters. The molecule has 4 nitrogen and oxygen atoms in total. The van der Waals surface area contributed by atoms with Crippen molar-refractivity contribution in [3.63, 3.8) is 0 Å². The molecule has 0 unspecified atom stereocenters. The van der Waals surface area contributed by atoms with E-state index in [1.54, 1.807) is 30.8 Å². The van der Waals surface area contributed by atoms with Gasteiger partial charge in [0.15, 0.2) is 0 Å². The van der Waals surface area contributed by atoms with Crippen LogP contribution in [0.3, 0.4) is 0 Å². The first kappa shape index (κ1) is 15.4. The molecule has 116 valence electrons. The van der Waals surface area contributed by atoms with Crippen LogP contribution >= 0.6 is 11.3 Å². The Labute approximate surface area is 139 Å². The van der Waals surface area contributed by atoms with E-state index in [2.05, 4.69) is 29.3 Å². The SMILES string of the molecule is C#Cc1cncc(-c2csc([C@@]3(C)CC(=N)N(C)C(=O)C3)c2)c1. The molecule has 1 N–H and O–H groups in total. The molecule has 0 spiro atoms. The number of nitrogens with one attached hydrogen (secondary N) is 1. The van der Waals surface area contributed by atoms with E-state index < -0.39 is 0 Å². The maximum atomic E-state index is 12.1. The minimum absolute atomic E-state index is 0.00491. The lowest BCUT2D eigenvalue weighted by molar-refractivity contribution is -0.128. The number of terminal acetylenes is 1. The lowest BCUT2D eigenvalue weighted by Gasteiger charge is -2.36. The molecular formula is C18H17N3OS. The van der Waals surface area contributed by atoms with Crippen LogP contribution in [0.2, 0.25) is 0 Å². The third-order valence-electron chi connectivity index (χ3n) is 4.31.